The van der Waals surface area contributed by atoms with Crippen LogP contribution in [0.5, 0.6) is 0 Å². The second-order valence-electron chi connectivity index (χ2n) is 1.62. The first kappa shape index (κ1) is 8.63. The van der Waals surface area contributed by atoms with E-state index in [4.69, 9.17) is 5.41 Å². The SMILES string of the molecule is BC(=N)/C(I)=C(/C)P. The molecule has 0 aromatic carbocycles. The summed E-state index contributed by atoms with van der Waals surface area (Å²) in [7, 11) is 4.36. The molecule has 0 saturated carbocycles. The van der Waals surface area contributed by atoms with E-state index < -0.39 is 0 Å². The number of rotatable bonds is 1. The van der Waals surface area contributed by atoms with Crippen molar-refractivity contribution in [3.8, 4) is 0 Å². The maximum atomic E-state index is 7.15. The van der Waals surface area contributed by atoms with Gasteiger partial charge in [0.2, 0.25) is 0 Å². The van der Waals surface area contributed by atoms with Crippen molar-refractivity contribution in [3.63, 3.8) is 0 Å². The van der Waals surface area contributed by atoms with Gasteiger partial charge in [-0.1, -0.05) is 0 Å². The Morgan fingerprint density at radius 1 is 1.75 bits per heavy atom. The summed E-state index contributed by atoms with van der Waals surface area (Å²) < 4.78 is 1.03. The maximum absolute atomic E-state index is 7.15. The van der Waals surface area contributed by atoms with Crippen molar-refractivity contribution >= 4 is 45.3 Å². The van der Waals surface area contributed by atoms with E-state index in [1.54, 1.807) is 7.85 Å². The molecule has 0 rings (SSSR count). The van der Waals surface area contributed by atoms with Crippen LogP contribution < -0.4 is 0 Å². The van der Waals surface area contributed by atoms with E-state index in [1.807, 2.05) is 6.92 Å². The third-order valence-corrected chi connectivity index (χ3v) is 3.21. The van der Waals surface area contributed by atoms with E-state index >= 15 is 0 Å². The van der Waals surface area contributed by atoms with Gasteiger partial charge in [0.15, 0.2) is 7.85 Å². The van der Waals surface area contributed by atoms with Gasteiger partial charge < -0.3 is 5.41 Å². The zero-order chi connectivity index (χ0) is 6.73. The Labute approximate surface area is 66.6 Å². The number of hydrogen-bond donors (Lipinski definition) is 1. The highest BCUT2D eigenvalue weighted by atomic mass is 127. The van der Waals surface area contributed by atoms with Crippen molar-refractivity contribution < 1.29 is 0 Å². The predicted octanol–water partition coefficient (Wildman–Crippen LogP) is 1.14. The van der Waals surface area contributed by atoms with E-state index in [2.05, 4.69) is 31.8 Å². The van der Waals surface area contributed by atoms with E-state index in [0.29, 0.717) is 5.61 Å². The van der Waals surface area contributed by atoms with Crippen molar-refractivity contribution in [2.24, 2.45) is 0 Å². The van der Waals surface area contributed by atoms with Crippen molar-refractivity contribution in [1.29, 1.82) is 5.41 Å². The topological polar surface area (TPSA) is 23.9 Å². The summed E-state index contributed by atoms with van der Waals surface area (Å²) in [4.78, 5) is 0. The molecule has 44 valence electrons. The van der Waals surface area contributed by atoms with Gasteiger partial charge in [-0.2, -0.15) is 0 Å². The quantitative estimate of drug-likeness (QED) is 0.307. The Kier molecular flexibility index (Phi) is 3.91. The molecule has 0 heterocycles. The fraction of sp³-hybridized carbons (Fsp3) is 0.250. The van der Waals surface area contributed by atoms with Gasteiger partial charge in [0.05, 0.1) is 0 Å². The number of hydrogen-bond acceptors (Lipinski definition) is 1. The summed E-state index contributed by atoms with van der Waals surface area (Å²) in [5, 5.41) is 8.29. The van der Waals surface area contributed by atoms with Crippen LogP contribution in [0.15, 0.2) is 8.89 Å². The Morgan fingerprint density at radius 2 is 2.12 bits per heavy atom. The Hall–Kier alpha value is 0.635. The molecule has 0 fully saturated rings. The van der Waals surface area contributed by atoms with Crippen molar-refractivity contribution in [2.75, 3.05) is 0 Å². The molecule has 0 radical (unpaired) electrons. The van der Waals surface area contributed by atoms with E-state index in [1.165, 1.54) is 0 Å². The lowest BCUT2D eigenvalue weighted by atomic mass is 10.0. The van der Waals surface area contributed by atoms with E-state index in [0.717, 1.165) is 8.89 Å². The molecule has 0 bridgehead atoms. The fourth-order valence-electron chi connectivity index (χ4n) is 0.296. The molecule has 0 aliphatic heterocycles. The minimum absolute atomic E-state index is 0.637. The normalized spacial score (nSPS) is 12.9. The van der Waals surface area contributed by atoms with Crippen LogP contribution in [0.1, 0.15) is 6.92 Å². The lowest BCUT2D eigenvalue weighted by molar-refractivity contribution is 1.55. The molecule has 8 heavy (non-hydrogen) atoms. The van der Waals surface area contributed by atoms with Gasteiger partial charge in [0.25, 0.3) is 0 Å². The van der Waals surface area contributed by atoms with Crippen LogP contribution in [0.25, 0.3) is 0 Å². The molecule has 0 amide bonds. The third kappa shape index (κ3) is 2.83. The highest BCUT2D eigenvalue weighted by Gasteiger charge is 1.93. The van der Waals surface area contributed by atoms with Crippen LogP contribution in [-0.4, -0.2) is 13.5 Å². The van der Waals surface area contributed by atoms with Crippen LogP contribution in [0, 0.1) is 5.41 Å². The minimum Gasteiger partial charge on any atom is -0.315 e. The van der Waals surface area contributed by atoms with Crippen LogP contribution >= 0.6 is 31.8 Å². The average Bonchev–Trinajstić information content (AvgIpc) is 1.64. The monoisotopic (exact) mass is 239 g/mol. The maximum Gasteiger partial charge on any atom is 0.164 e. The molecule has 0 aromatic rings. The zero-order valence-electron chi connectivity index (χ0n) is 4.96. The van der Waals surface area contributed by atoms with Gasteiger partial charge in [-0.15, -0.1) is 9.24 Å². The van der Waals surface area contributed by atoms with Crippen LogP contribution in [0.4, 0.5) is 0 Å². The van der Waals surface area contributed by atoms with Gasteiger partial charge in [-0.3, -0.25) is 0 Å². The Balaban J connectivity index is 4.23. The Bertz CT molecular complexity index is 139. The zero-order valence-corrected chi connectivity index (χ0v) is 8.27. The predicted molar refractivity (Wildman–Crippen MR) is 52.7 cm³/mol. The molecule has 1 N–H and O–H groups in total. The summed E-state index contributed by atoms with van der Waals surface area (Å²) in [5.74, 6) is 0. The summed E-state index contributed by atoms with van der Waals surface area (Å²) in [5.41, 5.74) is 0.637. The first-order valence-corrected chi connectivity index (χ1v) is 3.88. The van der Waals surface area contributed by atoms with Crippen LogP contribution in [0.3, 0.4) is 0 Å². The number of allylic oxidation sites excluding steroid dienone is 2. The van der Waals surface area contributed by atoms with Gasteiger partial charge in [0, 0.05) is 3.58 Å². The minimum atomic E-state index is 0.637. The summed E-state index contributed by atoms with van der Waals surface area (Å²) in [6.45, 7) is 1.98. The first-order valence-electron chi connectivity index (χ1n) is 2.23. The largest absolute Gasteiger partial charge is 0.315 e. The molecule has 4 heteroatoms. The molecule has 1 nitrogen and oxygen atoms in total. The van der Waals surface area contributed by atoms with Gasteiger partial charge in [0.1, 0.15) is 0 Å². The van der Waals surface area contributed by atoms with Crippen LogP contribution in [-0.2, 0) is 0 Å². The van der Waals surface area contributed by atoms with Crippen molar-refractivity contribution in [2.45, 2.75) is 6.92 Å². The third-order valence-electron chi connectivity index (χ3n) is 0.675. The lowest BCUT2D eigenvalue weighted by Gasteiger charge is -1.95. The summed E-state index contributed by atoms with van der Waals surface area (Å²) >= 11 is 2.16. The molecule has 1 atom stereocenters. The molecule has 0 saturated heterocycles. The van der Waals surface area contributed by atoms with E-state index in [9.17, 15) is 0 Å². The standard InChI is InChI=1S/C4H8BINP/c1-2(8)3(6)4(5)7/h7H,5,8H2,1H3/b3-2+,7-4?. The highest BCUT2D eigenvalue weighted by Crippen LogP contribution is 2.17. The second-order valence-corrected chi connectivity index (χ2v) is 3.57. The van der Waals surface area contributed by atoms with Crippen molar-refractivity contribution in [3.05, 3.63) is 8.89 Å². The number of halogens is 1. The molecular formula is C4H8BINP. The van der Waals surface area contributed by atoms with Crippen LogP contribution in [0.2, 0.25) is 0 Å². The smallest absolute Gasteiger partial charge is 0.164 e. The fourth-order valence-corrected chi connectivity index (χ4v) is 0.512. The molecule has 0 spiro atoms. The molecular weight excluding hydrogens is 231 g/mol. The number of nitrogens with one attached hydrogen (secondary N) is 1. The van der Waals surface area contributed by atoms with E-state index in [-0.39, 0.29) is 0 Å². The second kappa shape index (κ2) is 3.62. The molecule has 0 aromatic heterocycles. The Morgan fingerprint density at radius 3 is 2.12 bits per heavy atom. The molecule has 0 aliphatic carbocycles. The summed E-state index contributed by atoms with van der Waals surface area (Å²) in [6, 6.07) is 0. The molecule has 1 unspecified atom stereocenters. The van der Waals surface area contributed by atoms with Gasteiger partial charge >= 0.3 is 0 Å². The summed E-state index contributed by atoms with van der Waals surface area (Å²) in [6.07, 6.45) is 0. The molecule has 0 aliphatic rings. The van der Waals surface area contributed by atoms with Gasteiger partial charge in [-0.05, 0) is 40.4 Å². The first-order chi connectivity index (χ1) is 3.55. The highest BCUT2D eigenvalue weighted by molar-refractivity contribution is 14.1. The average molecular weight is 239 g/mol. The van der Waals surface area contributed by atoms with Gasteiger partial charge in [-0.25, -0.2) is 0 Å². The lowest BCUT2D eigenvalue weighted by Crippen LogP contribution is -1.93. The van der Waals surface area contributed by atoms with Crippen molar-refractivity contribution in [1.82, 2.24) is 0 Å².